The van der Waals surface area contributed by atoms with E-state index in [2.05, 4.69) is 0 Å². The maximum absolute atomic E-state index is 12.8. The zero-order chi connectivity index (χ0) is 14.8. The number of rotatable bonds is 4. The van der Waals surface area contributed by atoms with Crippen LogP contribution in [0, 0.1) is 5.41 Å². The molecule has 0 aromatic rings. The molecule has 2 unspecified atom stereocenters. The third kappa shape index (κ3) is 3.89. The summed E-state index contributed by atoms with van der Waals surface area (Å²) in [5.41, 5.74) is 6.00. The first-order chi connectivity index (χ1) is 9.39. The number of hydrogen-bond donors (Lipinski definition) is 1. The molecule has 0 aromatic carbocycles. The molecular formula is C15H28N2O2S. The highest BCUT2D eigenvalue weighted by atomic mass is 32.2. The van der Waals surface area contributed by atoms with E-state index in [1.807, 2.05) is 37.4 Å². The van der Waals surface area contributed by atoms with E-state index < -0.39 is 6.04 Å². The standard InChI is InChI=1S/C15H28N2O2S/c1-15(2,3)13(16)14(18)17(11-6-8-20-10-11)9-12-5-4-7-19-12/h11-13H,4-10,16H2,1-3H3/t11?,12?,13-/m0/s1. The van der Waals surface area contributed by atoms with E-state index in [-0.39, 0.29) is 17.4 Å². The van der Waals surface area contributed by atoms with Crippen LogP contribution in [-0.2, 0) is 9.53 Å². The Morgan fingerprint density at radius 2 is 2.20 bits per heavy atom. The van der Waals surface area contributed by atoms with Gasteiger partial charge in [-0.25, -0.2) is 0 Å². The van der Waals surface area contributed by atoms with Gasteiger partial charge in [0.2, 0.25) is 5.91 Å². The molecule has 0 aliphatic carbocycles. The van der Waals surface area contributed by atoms with Gasteiger partial charge in [0.25, 0.3) is 0 Å². The van der Waals surface area contributed by atoms with Crippen LogP contribution in [0.15, 0.2) is 0 Å². The quantitative estimate of drug-likeness (QED) is 0.861. The van der Waals surface area contributed by atoms with Crippen LogP contribution in [0.1, 0.15) is 40.0 Å². The number of carbonyl (C=O) groups is 1. The van der Waals surface area contributed by atoms with Crippen LogP contribution in [0.25, 0.3) is 0 Å². The lowest BCUT2D eigenvalue weighted by molar-refractivity contribution is -0.138. The molecule has 2 fully saturated rings. The van der Waals surface area contributed by atoms with Gasteiger partial charge in [-0.2, -0.15) is 11.8 Å². The molecule has 2 rings (SSSR count). The molecule has 2 N–H and O–H groups in total. The highest BCUT2D eigenvalue weighted by Gasteiger charge is 2.36. The lowest BCUT2D eigenvalue weighted by atomic mass is 9.86. The summed E-state index contributed by atoms with van der Waals surface area (Å²) in [6.45, 7) is 7.64. The van der Waals surface area contributed by atoms with Crippen molar-refractivity contribution in [3.05, 3.63) is 0 Å². The molecule has 2 saturated heterocycles. The van der Waals surface area contributed by atoms with Crippen molar-refractivity contribution in [3.8, 4) is 0 Å². The van der Waals surface area contributed by atoms with Crippen molar-refractivity contribution >= 4 is 17.7 Å². The molecule has 116 valence electrons. The molecule has 0 radical (unpaired) electrons. The summed E-state index contributed by atoms with van der Waals surface area (Å²) in [5.74, 6) is 2.28. The van der Waals surface area contributed by atoms with Crippen molar-refractivity contribution in [2.75, 3.05) is 24.7 Å². The van der Waals surface area contributed by atoms with Crippen molar-refractivity contribution in [1.82, 2.24) is 4.90 Å². The van der Waals surface area contributed by atoms with E-state index in [1.165, 1.54) is 0 Å². The van der Waals surface area contributed by atoms with Crippen molar-refractivity contribution < 1.29 is 9.53 Å². The second kappa shape index (κ2) is 6.67. The van der Waals surface area contributed by atoms with Crippen LogP contribution >= 0.6 is 11.8 Å². The SMILES string of the molecule is CC(C)(C)[C@@H](N)C(=O)N(CC1CCCO1)C1CCSC1. The topological polar surface area (TPSA) is 55.6 Å². The monoisotopic (exact) mass is 300 g/mol. The Balaban J connectivity index is 2.06. The van der Waals surface area contributed by atoms with Crippen LogP contribution in [0.4, 0.5) is 0 Å². The fourth-order valence-electron chi connectivity index (χ4n) is 2.74. The highest BCUT2D eigenvalue weighted by molar-refractivity contribution is 7.99. The number of thioether (sulfide) groups is 1. The summed E-state index contributed by atoms with van der Waals surface area (Å²) in [7, 11) is 0. The molecule has 3 atom stereocenters. The predicted molar refractivity (Wildman–Crippen MR) is 83.8 cm³/mol. The van der Waals surface area contributed by atoms with Crippen molar-refractivity contribution in [3.63, 3.8) is 0 Å². The molecule has 2 heterocycles. The van der Waals surface area contributed by atoms with Gasteiger partial charge >= 0.3 is 0 Å². The summed E-state index contributed by atoms with van der Waals surface area (Å²) in [5, 5.41) is 0. The zero-order valence-electron chi connectivity index (χ0n) is 12.9. The van der Waals surface area contributed by atoms with Gasteiger partial charge in [0.15, 0.2) is 0 Å². The normalized spacial score (nSPS) is 28.6. The van der Waals surface area contributed by atoms with Gasteiger partial charge in [-0.15, -0.1) is 0 Å². The Hall–Kier alpha value is -0.260. The Morgan fingerprint density at radius 3 is 2.70 bits per heavy atom. The smallest absolute Gasteiger partial charge is 0.240 e. The summed E-state index contributed by atoms with van der Waals surface area (Å²) < 4.78 is 5.72. The van der Waals surface area contributed by atoms with Gasteiger partial charge in [-0.3, -0.25) is 4.79 Å². The summed E-state index contributed by atoms with van der Waals surface area (Å²) in [4.78, 5) is 14.8. The summed E-state index contributed by atoms with van der Waals surface area (Å²) in [6.07, 6.45) is 3.46. The van der Waals surface area contributed by atoms with Crippen LogP contribution in [0.2, 0.25) is 0 Å². The lowest BCUT2D eigenvalue weighted by Gasteiger charge is -2.36. The molecule has 0 saturated carbocycles. The first-order valence-electron chi connectivity index (χ1n) is 7.65. The Bertz CT molecular complexity index is 331. The molecule has 1 amide bonds. The number of ether oxygens (including phenoxy) is 1. The second-order valence-electron chi connectivity index (χ2n) is 6.99. The van der Waals surface area contributed by atoms with E-state index in [0.29, 0.717) is 12.6 Å². The Morgan fingerprint density at radius 1 is 1.45 bits per heavy atom. The Labute approximate surface area is 126 Å². The minimum atomic E-state index is -0.436. The van der Waals surface area contributed by atoms with E-state index in [0.717, 1.165) is 37.4 Å². The molecule has 2 aliphatic heterocycles. The average Bonchev–Trinajstić information content (AvgIpc) is 3.05. The average molecular weight is 300 g/mol. The van der Waals surface area contributed by atoms with Gasteiger partial charge in [0, 0.05) is 24.9 Å². The van der Waals surface area contributed by atoms with E-state index in [9.17, 15) is 4.79 Å². The Kier molecular flexibility index (Phi) is 5.37. The molecule has 0 bridgehead atoms. The van der Waals surface area contributed by atoms with Crippen molar-refractivity contribution in [2.24, 2.45) is 11.1 Å². The fraction of sp³-hybridized carbons (Fsp3) is 0.933. The minimum absolute atomic E-state index is 0.0977. The van der Waals surface area contributed by atoms with Crippen molar-refractivity contribution in [2.45, 2.75) is 58.2 Å². The first-order valence-corrected chi connectivity index (χ1v) is 8.80. The number of amides is 1. The zero-order valence-corrected chi connectivity index (χ0v) is 13.7. The molecule has 0 spiro atoms. The van der Waals surface area contributed by atoms with E-state index >= 15 is 0 Å². The largest absolute Gasteiger partial charge is 0.376 e. The van der Waals surface area contributed by atoms with Gasteiger partial charge in [0.1, 0.15) is 0 Å². The molecule has 0 aromatic heterocycles. The fourth-order valence-corrected chi connectivity index (χ4v) is 3.97. The molecule has 5 heteroatoms. The van der Waals surface area contributed by atoms with Gasteiger partial charge in [-0.05, 0) is 30.4 Å². The van der Waals surface area contributed by atoms with Crippen LogP contribution in [0.5, 0.6) is 0 Å². The summed E-state index contributed by atoms with van der Waals surface area (Å²) >= 11 is 1.93. The van der Waals surface area contributed by atoms with E-state index in [1.54, 1.807) is 0 Å². The number of nitrogens with two attached hydrogens (primary N) is 1. The second-order valence-corrected chi connectivity index (χ2v) is 8.14. The van der Waals surface area contributed by atoms with Crippen LogP contribution in [-0.4, -0.2) is 53.7 Å². The highest BCUT2D eigenvalue weighted by Crippen LogP contribution is 2.27. The minimum Gasteiger partial charge on any atom is -0.376 e. The van der Waals surface area contributed by atoms with Gasteiger partial charge in [-0.1, -0.05) is 20.8 Å². The third-order valence-electron chi connectivity index (χ3n) is 4.25. The molecule has 4 nitrogen and oxygen atoms in total. The number of carbonyl (C=O) groups excluding carboxylic acids is 1. The first kappa shape index (κ1) is 16.1. The van der Waals surface area contributed by atoms with Gasteiger partial charge < -0.3 is 15.4 Å². The molecular weight excluding hydrogens is 272 g/mol. The third-order valence-corrected chi connectivity index (χ3v) is 5.40. The summed E-state index contributed by atoms with van der Waals surface area (Å²) in [6, 6.07) is -0.0976. The number of nitrogens with zero attached hydrogens (tertiary/aromatic N) is 1. The van der Waals surface area contributed by atoms with Crippen LogP contribution < -0.4 is 5.73 Å². The van der Waals surface area contributed by atoms with Crippen molar-refractivity contribution in [1.29, 1.82) is 0 Å². The maximum atomic E-state index is 12.8. The predicted octanol–water partition coefficient (Wildman–Crippen LogP) is 1.87. The molecule has 20 heavy (non-hydrogen) atoms. The van der Waals surface area contributed by atoms with E-state index in [4.69, 9.17) is 10.5 Å². The van der Waals surface area contributed by atoms with Crippen LogP contribution in [0.3, 0.4) is 0 Å². The lowest BCUT2D eigenvalue weighted by Crippen LogP contribution is -2.55. The number of hydrogen-bond acceptors (Lipinski definition) is 4. The van der Waals surface area contributed by atoms with Gasteiger partial charge in [0.05, 0.1) is 12.1 Å². The molecule has 2 aliphatic rings. The maximum Gasteiger partial charge on any atom is 0.240 e.